The van der Waals surface area contributed by atoms with Crippen LogP contribution < -0.4 is 9.64 Å². The number of fused-ring (bicyclic) bond motifs is 3. The Balaban J connectivity index is 1.45. The van der Waals surface area contributed by atoms with E-state index in [9.17, 15) is 19.2 Å². The molecule has 3 aromatic carbocycles. The van der Waals surface area contributed by atoms with Crippen molar-refractivity contribution in [2.75, 3.05) is 12.0 Å². The molecule has 7 nitrogen and oxygen atoms in total. The Bertz CT molecular complexity index is 1690. The molecule has 0 aliphatic carbocycles. The number of allylic oxidation sites excluding steroid dienone is 2. The van der Waals surface area contributed by atoms with Crippen molar-refractivity contribution in [1.82, 2.24) is 4.90 Å². The molecule has 206 valence electrons. The number of halogens is 3. The van der Waals surface area contributed by atoms with Crippen LogP contribution in [0, 0.1) is 11.8 Å². The maximum absolute atomic E-state index is 14.1. The number of rotatable bonds is 6. The van der Waals surface area contributed by atoms with Crippen molar-refractivity contribution in [3.63, 3.8) is 0 Å². The van der Waals surface area contributed by atoms with E-state index in [-0.39, 0.29) is 22.3 Å². The summed E-state index contributed by atoms with van der Waals surface area (Å²) in [6.07, 6.45) is 4.95. The SMILES string of the molecule is COc1ccc(C(=O)[C@@H]2[C@@H]3C(=O)N(c4ccc(Cl)cc4Cl)C(=O)[C@@H]3[C@H]3C=C(C(=O)c4ccccc4)C=CN32)cc1Br. The average molecular weight is 652 g/mol. The second-order valence-electron chi connectivity index (χ2n) is 9.89. The van der Waals surface area contributed by atoms with Gasteiger partial charge in [-0.1, -0.05) is 59.6 Å². The lowest BCUT2D eigenvalue weighted by molar-refractivity contribution is -0.123. The first-order valence-corrected chi connectivity index (χ1v) is 14.2. The summed E-state index contributed by atoms with van der Waals surface area (Å²) in [6, 6.07) is 16.5. The average Bonchev–Trinajstić information content (AvgIpc) is 3.44. The third kappa shape index (κ3) is 4.51. The highest BCUT2D eigenvalue weighted by Crippen LogP contribution is 2.48. The minimum Gasteiger partial charge on any atom is -0.496 e. The predicted octanol–water partition coefficient (Wildman–Crippen LogP) is 6.14. The number of anilines is 1. The van der Waals surface area contributed by atoms with E-state index >= 15 is 0 Å². The van der Waals surface area contributed by atoms with Gasteiger partial charge in [-0.3, -0.25) is 19.2 Å². The van der Waals surface area contributed by atoms with Crippen molar-refractivity contribution in [3.8, 4) is 5.75 Å². The lowest BCUT2D eigenvalue weighted by Gasteiger charge is -2.33. The van der Waals surface area contributed by atoms with Crippen LogP contribution >= 0.6 is 39.1 Å². The van der Waals surface area contributed by atoms with Crippen LogP contribution in [0.3, 0.4) is 0 Å². The molecular weight excluding hydrogens is 631 g/mol. The van der Waals surface area contributed by atoms with Crippen LogP contribution in [0.4, 0.5) is 5.69 Å². The topological polar surface area (TPSA) is 84.0 Å². The van der Waals surface area contributed by atoms with Crippen molar-refractivity contribution in [2.45, 2.75) is 12.1 Å². The van der Waals surface area contributed by atoms with Crippen molar-refractivity contribution in [2.24, 2.45) is 11.8 Å². The summed E-state index contributed by atoms with van der Waals surface area (Å²) in [5.41, 5.74) is 1.40. The summed E-state index contributed by atoms with van der Waals surface area (Å²) in [5.74, 6) is -2.99. The molecule has 10 heteroatoms. The van der Waals surface area contributed by atoms with E-state index < -0.39 is 35.7 Å². The lowest BCUT2D eigenvalue weighted by atomic mass is 9.85. The molecule has 0 aromatic heterocycles. The molecule has 4 atom stereocenters. The van der Waals surface area contributed by atoms with Crippen LogP contribution in [0.2, 0.25) is 10.0 Å². The van der Waals surface area contributed by atoms with E-state index in [2.05, 4.69) is 15.9 Å². The zero-order valence-electron chi connectivity index (χ0n) is 21.5. The van der Waals surface area contributed by atoms with Crippen LogP contribution in [0.25, 0.3) is 0 Å². The monoisotopic (exact) mass is 650 g/mol. The number of methoxy groups -OCH3 is 1. The zero-order valence-corrected chi connectivity index (χ0v) is 24.6. The van der Waals surface area contributed by atoms with Crippen LogP contribution in [0.1, 0.15) is 20.7 Å². The second kappa shape index (κ2) is 10.6. The molecule has 0 N–H and O–H groups in total. The minimum atomic E-state index is -1.01. The zero-order chi connectivity index (χ0) is 29.0. The Hall–Kier alpha value is -3.72. The van der Waals surface area contributed by atoms with Crippen LogP contribution in [-0.4, -0.2) is 47.5 Å². The molecule has 0 unspecified atom stereocenters. The smallest absolute Gasteiger partial charge is 0.240 e. The van der Waals surface area contributed by atoms with Gasteiger partial charge in [0.05, 0.1) is 40.2 Å². The number of hydrogen-bond donors (Lipinski definition) is 0. The number of carbonyl (C=O) groups excluding carboxylic acids is 4. The summed E-state index contributed by atoms with van der Waals surface area (Å²) in [7, 11) is 1.52. The van der Waals surface area contributed by atoms with Gasteiger partial charge in [0, 0.05) is 27.9 Å². The van der Waals surface area contributed by atoms with Crippen LogP contribution in [-0.2, 0) is 9.59 Å². The van der Waals surface area contributed by atoms with Gasteiger partial charge in [0.2, 0.25) is 11.8 Å². The fourth-order valence-electron chi connectivity index (χ4n) is 5.84. The first-order chi connectivity index (χ1) is 19.7. The van der Waals surface area contributed by atoms with E-state index in [0.29, 0.717) is 31.9 Å². The molecule has 0 spiro atoms. The molecule has 3 aliphatic rings. The molecule has 0 saturated carbocycles. The Labute approximate surface area is 254 Å². The number of ether oxygens (including phenoxy) is 1. The maximum atomic E-state index is 14.1. The first-order valence-electron chi connectivity index (χ1n) is 12.7. The fraction of sp³-hybridized carbons (Fsp3) is 0.161. The quantitative estimate of drug-likeness (QED) is 0.235. The standard InChI is InChI=1S/C31H21BrCl2N2O5/c1-41-24-10-7-17(13-20(24)32)29(38)27-26-25(30(39)36(31(26)40)22-9-8-19(33)15-21(22)34)23-14-18(11-12-35(23)27)28(37)16-5-3-2-4-6-16/h2-15,23,25-27H,1H3/t23-,25-,26-,27+/m1/s1. The molecule has 3 aliphatic heterocycles. The first kappa shape index (κ1) is 27.4. The Morgan fingerprint density at radius 1 is 0.902 bits per heavy atom. The molecule has 0 bridgehead atoms. The normalized spacial score (nSPS) is 22.9. The number of hydrogen-bond acceptors (Lipinski definition) is 6. The number of ketones is 2. The van der Waals surface area contributed by atoms with Gasteiger partial charge >= 0.3 is 0 Å². The van der Waals surface area contributed by atoms with Gasteiger partial charge in [0.15, 0.2) is 11.6 Å². The van der Waals surface area contributed by atoms with Gasteiger partial charge in [-0.2, -0.15) is 0 Å². The van der Waals surface area contributed by atoms with E-state index in [1.165, 1.54) is 19.2 Å². The molecule has 3 heterocycles. The number of carbonyl (C=O) groups is 4. The van der Waals surface area contributed by atoms with Gasteiger partial charge in [0.1, 0.15) is 11.8 Å². The molecule has 3 aromatic rings. The Morgan fingerprint density at radius 3 is 2.32 bits per heavy atom. The van der Waals surface area contributed by atoms with Crippen molar-refractivity contribution in [3.05, 3.63) is 116 Å². The molecule has 2 fully saturated rings. The maximum Gasteiger partial charge on any atom is 0.240 e. The van der Waals surface area contributed by atoms with Gasteiger partial charge in [-0.05, 0) is 58.4 Å². The van der Waals surface area contributed by atoms with Gasteiger partial charge in [-0.15, -0.1) is 0 Å². The highest BCUT2D eigenvalue weighted by Gasteiger charge is 2.63. The summed E-state index contributed by atoms with van der Waals surface area (Å²) < 4.78 is 5.87. The molecule has 6 rings (SSSR count). The van der Waals surface area contributed by atoms with Crippen molar-refractivity contribution in [1.29, 1.82) is 0 Å². The highest BCUT2D eigenvalue weighted by molar-refractivity contribution is 9.10. The summed E-state index contributed by atoms with van der Waals surface area (Å²) in [5, 5.41) is 0.490. The number of amides is 2. The van der Waals surface area contributed by atoms with Gasteiger partial charge < -0.3 is 9.64 Å². The number of imide groups is 1. The molecule has 41 heavy (non-hydrogen) atoms. The van der Waals surface area contributed by atoms with E-state index in [0.717, 1.165) is 4.90 Å². The predicted molar refractivity (Wildman–Crippen MR) is 158 cm³/mol. The molecule has 2 amide bonds. The van der Waals surface area contributed by atoms with Crippen molar-refractivity contribution >= 4 is 68.2 Å². The third-order valence-corrected chi connectivity index (χ3v) is 8.86. The number of benzene rings is 3. The van der Waals surface area contributed by atoms with Crippen LogP contribution in [0.15, 0.2) is 95.1 Å². The largest absolute Gasteiger partial charge is 0.496 e. The number of nitrogens with zero attached hydrogens (tertiary/aromatic N) is 2. The van der Waals surface area contributed by atoms with Gasteiger partial charge in [0.25, 0.3) is 0 Å². The number of Topliss-reactive ketones (excluding diaryl/α,β-unsaturated/α-hetero) is 2. The Morgan fingerprint density at radius 2 is 1.63 bits per heavy atom. The summed E-state index contributed by atoms with van der Waals surface area (Å²) in [4.78, 5) is 58.2. The minimum absolute atomic E-state index is 0.136. The second-order valence-corrected chi connectivity index (χ2v) is 11.6. The Kier molecular flexibility index (Phi) is 7.09. The summed E-state index contributed by atoms with van der Waals surface area (Å²) >= 11 is 15.9. The van der Waals surface area contributed by atoms with Crippen molar-refractivity contribution < 1.29 is 23.9 Å². The highest BCUT2D eigenvalue weighted by atomic mass is 79.9. The molecule has 2 saturated heterocycles. The third-order valence-electron chi connectivity index (χ3n) is 7.70. The van der Waals surface area contributed by atoms with E-state index in [4.69, 9.17) is 27.9 Å². The van der Waals surface area contributed by atoms with E-state index in [1.807, 2.05) is 6.07 Å². The molecular formula is C31H21BrCl2N2O5. The summed E-state index contributed by atoms with van der Waals surface area (Å²) in [6.45, 7) is 0. The molecule has 0 radical (unpaired) electrons. The van der Waals surface area contributed by atoms with E-state index in [1.54, 1.807) is 71.8 Å². The lowest BCUT2D eigenvalue weighted by Crippen LogP contribution is -2.46. The van der Waals surface area contributed by atoms with Gasteiger partial charge in [-0.25, -0.2) is 4.90 Å². The van der Waals surface area contributed by atoms with Crippen LogP contribution in [0.5, 0.6) is 5.75 Å². The fourth-order valence-corrected chi connectivity index (χ4v) is 6.88.